The molecule has 5 heteroatoms. The minimum absolute atomic E-state index is 0.119. The molecule has 3 nitrogen and oxygen atoms in total. The van der Waals surface area contributed by atoms with Crippen molar-refractivity contribution in [3.63, 3.8) is 0 Å². The molecule has 8 unspecified atom stereocenters. The highest BCUT2D eigenvalue weighted by atomic mass is 32.1. The summed E-state index contributed by atoms with van der Waals surface area (Å²) < 4.78 is 29.5. The summed E-state index contributed by atoms with van der Waals surface area (Å²) in [6.45, 7) is 4.21. The summed E-state index contributed by atoms with van der Waals surface area (Å²) in [7, 11) is 0. The second kappa shape index (κ2) is 6.73. The zero-order chi connectivity index (χ0) is 15.0. The van der Waals surface area contributed by atoms with Crippen LogP contribution >= 0.6 is 12.9 Å². The zero-order valence-corrected chi connectivity index (χ0v) is 13.8. The highest BCUT2D eigenvalue weighted by molar-refractivity contribution is 7.75. The van der Waals surface area contributed by atoms with Gasteiger partial charge in [0, 0.05) is 6.42 Å². The van der Waals surface area contributed by atoms with E-state index < -0.39 is 6.17 Å². The SMILES string of the molecule is CC(CCC1CC1OC(C)CC1CC1OS)OC1CC1F. The summed E-state index contributed by atoms with van der Waals surface area (Å²) in [5.41, 5.74) is 0. The first-order chi connectivity index (χ1) is 10.1. The van der Waals surface area contributed by atoms with Crippen LogP contribution in [0, 0.1) is 11.8 Å². The Balaban J connectivity index is 1.23. The Kier molecular flexibility index (Phi) is 5.14. The van der Waals surface area contributed by atoms with Crippen molar-refractivity contribution < 1.29 is 18.0 Å². The molecule has 0 heterocycles. The maximum Gasteiger partial charge on any atom is 0.129 e. The molecule has 0 spiro atoms. The van der Waals surface area contributed by atoms with E-state index in [4.69, 9.17) is 13.7 Å². The number of hydrogen-bond donors (Lipinski definition) is 1. The van der Waals surface area contributed by atoms with Crippen molar-refractivity contribution >= 4 is 12.9 Å². The van der Waals surface area contributed by atoms with Gasteiger partial charge in [0.25, 0.3) is 0 Å². The summed E-state index contributed by atoms with van der Waals surface area (Å²) >= 11 is 3.86. The predicted octanol–water partition coefficient (Wildman–Crippen LogP) is 3.72. The third-order valence-electron chi connectivity index (χ3n) is 4.90. The van der Waals surface area contributed by atoms with Gasteiger partial charge in [0.15, 0.2) is 0 Å². The van der Waals surface area contributed by atoms with Crippen molar-refractivity contribution in [2.24, 2.45) is 11.8 Å². The number of halogens is 1. The molecule has 0 saturated heterocycles. The fourth-order valence-electron chi connectivity index (χ4n) is 3.17. The van der Waals surface area contributed by atoms with Crippen LogP contribution in [0.15, 0.2) is 0 Å². The highest BCUT2D eigenvalue weighted by Crippen LogP contribution is 2.43. The molecule has 0 aromatic rings. The Labute approximate surface area is 132 Å². The molecule has 0 radical (unpaired) electrons. The molecule has 0 N–H and O–H groups in total. The number of hydrogen-bond acceptors (Lipinski definition) is 4. The molecule has 3 saturated carbocycles. The van der Waals surface area contributed by atoms with E-state index in [2.05, 4.69) is 26.8 Å². The largest absolute Gasteiger partial charge is 0.375 e. The quantitative estimate of drug-likeness (QED) is 0.491. The minimum Gasteiger partial charge on any atom is -0.375 e. The van der Waals surface area contributed by atoms with Gasteiger partial charge < -0.3 is 13.7 Å². The van der Waals surface area contributed by atoms with E-state index in [1.54, 1.807) is 0 Å². The second-order valence-corrected chi connectivity index (χ2v) is 7.38. The Hall–Kier alpha value is 0.160. The van der Waals surface area contributed by atoms with Crippen LogP contribution in [0.5, 0.6) is 0 Å². The summed E-state index contributed by atoms with van der Waals surface area (Å²) in [4.78, 5) is 0. The third kappa shape index (κ3) is 4.81. The van der Waals surface area contributed by atoms with Crippen LogP contribution in [0.4, 0.5) is 4.39 Å². The van der Waals surface area contributed by atoms with Crippen LogP contribution in [-0.4, -0.2) is 36.7 Å². The van der Waals surface area contributed by atoms with E-state index in [1.807, 2.05) is 0 Å². The molecule has 0 aromatic heterocycles. The molecule has 122 valence electrons. The van der Waals surface area contributed by atoms with Gasteiger partial charge in [-0.1, -0.05) is 0 Å². The van der Waals surface area contributed by atoms with Crippen molar-refractivity contribution in [2.45, 2.75) is 89.1 Å². The molecule has 3 aliphatic carbocycles. The average molecular weight is 318 g/mol. The lowest BCUT2D eigenvalue weighted by atomic mass is 10.1. The lowest BCUT2D eigenvalue weighted by molar-refractivity contribution is 0.0219. The average Bonchev–Trinajstić information content (AvgIpc) is 3.32. The van der Waals surface area contributed by atoms with Gasteiger partial charge in [-0.25, -0.2) is 4.39 Å². The Morgan fingerprint density at radius 2 is 1.67 bits per heavy atom. The molecule has 0 aromatic carbocycles. The topological polar surface area (TPSA) is 27.7 Å². The van der Waals surface area contributed by atoms with Gasteiger partial charge in [0.2, 0.25) is 0 Å². The van der Waals surface area contributed by atoms with E-state index in [-0.39, 0.29) is 12.2 Å². The lowest BCUT2D eigenvalue weighted by Crippen LogP contribution is -2.14. The van der Waals surface area contributed by atoms with Crippen LogP contribution in [0.2, 0.25) is 0 Å². The first-order valence-corrected chi connectivity index (χ1v) is 8.68. The first kappa shape index (κ1) is 16.0. The minimum atomic E-state index is -0.710. The molecule has 0 bridgehead atoms. The summed E-state index contributed by atoms with van der Waals surface area (Å²) in [6, 6.07) is 0. The molecule has 0 amide bonds. The van der Waals surface area contributed by atoms with Gasteiger partial charge in [0.1, 0.15) is 6.17 Å². The fraction of sp³-hybridized carbons (Fsp3) is 1.00. The van der Waals surface area contributed by atoms with E-state index in [1.165, 1.54) is 6.42 Å². The van der Waals surface area contributed by atoms with Crippen LogP contribution in [0.3, 0.4) is 0 Å². The summed E-state index contributed by atoms with van der Waals surface area (Å²) in [5, 5.41) is 0. The number of ether oxygens (including phenoxy) is 2. The van der Waals surface area contributed by atoms with E-state index in [9.17, 15) is 4.39 Å². The van der Waals surface area contributed by atoms with Crippen molar-refractivity contribution in [3.8, 4) is 0 Å². The van der Waals surface area contributed by atoms with E-state index >= 15 is 0 Å². The number of rotatable bonds is 10. The lowest BCUT2D eigenvalue weighted by Gasteiger charge is -2.14. The molecule has 8 atom stereocenters. The Morgan fingerprint density at radius 3 is 2.29 bits per heavy atom. The van der Waals surface area contributed by atoms with Gasteiger partial charge in [0.05, 0.1) is 30.5 Å². The number of thiol groups is 1. The van der Waals surface area contributed by atoms with Gasteiger partial charge in [-0.2, -0.15) is 0 Å². The van der Waals surface area contributed by atoms with Gasteiger partial charge in [-0.05, 0) is 70.7 Å². The van der Waals surface area contributed by atoms with Crippen LogP contribution < -0.4 is 0 Å². The number of alkyl halides is 1. The van der Waals surface area contributed by atoms with E-state index in [0.717, 1.165) is 25.7 Å². The standard InChI is InChI=1S/C16H27FO3S/c1-9(18-16-8-13(16)17)3-4-11-6-14(11)19-10(2)5-12-7-15(12)20-21/h9-16,21H,3-8H2,1-2H3. The van der Waals surface area contributed by atoms with E-state index in [0.29, 0.717) is 36.6 Å². The smallest absolute Gasteiger partial charge is 0.129 e. The highest BCUT2D eigenvalue weighted by Gasteiger charge is 2.43. The summed E-state index contributed by atoms with van der Waals surface area (Å²) in [5.74, 6) is 1.31. The fourth-order valence-corrected chi connectivity index (χ4v) is 3.43. The molecule has 21 heavy (non-hydrogen) atoms. The Morgan fingerprint density at radius 1 is 1.00 bits per heavy atom. The Bertz CT molecular complexity index is 356. The van der Waals surface area contributed by atoms with Gasteiger partial charge >= 0.3 is 0 Å². The zero-order valence-electron chi connectivity index (χ0n) is 12.9. The molecular formula is C16H27FO3S. The van der Waals surface area contributed by atoms with Crippen molar-refractivity contribution in [3.05, 3.63) is 0 Å². The van der Waals surface area contributed by atoms with Gasteiger partial charge in [-0.15, -0.1) is 0 Å². The normalized spacial score (nSPS) is 43.4. The van der Waals surface area contributed by atoms with Crippen molar-refractivity contribution in [2.75, 3.05) is 0 Å². The second-order valence-electron chi connectivity index (χ2n) is 7.17. The van der Waals surface area contributed by atoms with Crippen molar-refractivity contribution in [1.82, 2.24) is 0 Å². The molecular weight excluding hydrogens is 291 g/mol. The maximum absolute atomic E-state index is 12.8. The van der Waals surface area contributed by atoms with Gasteiger partial charge in [-0.3, -0.25) is 0 Å². The predicted molar refractivity (Wildman–Crippen MR) is 82.1 cm³/mol. The summed E-state index contributed by atoms with van der Waals surface area (Å²) in [6.07, 6.45) is 6.53. The maximum atomic E-state index is 12.8. The molecule has 3 rings (SSSR count). The monoisotopic (exact) mass is 318 g/mol. The molecule has 3 aliphatic rings. The van der Waals surface area contributed by atoms with Crippen LogP contribution in [-0.2, 0) is 13.7 Å². The van der Waals surface area contributed by atoms with Crippen molar-refractivity contribution in [1.29, 1.82) is 0 Å². The molecule has 0 aliphatic heterocycles. The van der Waals surface area contributed by atoms with Crippen LogP contribution in [0.1, 0.15) is 52.4 Å². The van der Waals surface area contributed by atoms with Crippen LogP contribution in [0.25, 0.3) is 0 Å². The molecule has 3 fully saturated rings. The first-order valence-electron chi connectivity index (χ1n) is 8.32. The third-order valence-corrected chi connectivity index (χ3v) is 5.17.